The first kappa shape index (κ1) is 15.7. The predicted molar refractivity (Wildman–Crippen MR) is 84.4 cm³/mol. The Balaban J connectivity index is 1.61. The molecule has 3 aliphatic rings. The van der Waals surface area contributed by atoms with Gasteiger partial charge in [0.2, 0.25) is 11.8 Å². The van der Waals surface area contributed by atoms with Crippen LogP contribution in [0.15, 0.2) is 0 Å². The van der Waals surface area contributed by atoms with Crippen LogP contribution in [-0.2, 0) is 9.59 Å². The number of rotatable bonds is 0. The van der Waals surface area contributed by atoms with Gasteiger partial charge in [0.15, 0.2) is 0 Å². The highest BCUT2D eigenvalue weighted by Gasteiger charge is 2.32. The van der Waals surface area contributed by atoms with Crippen molar-refractivity contribution in [3.05, 3.63) is 0 Å². The predicted octanol–water partition coefficient (Wildman–Crippen LogP) is -0.0586. The van der Waals surface area contributed by atoms with Gasteiger partial charge in [-0.05, 0) is 51.6 Å². The molecular weight excluding hydrogens is 280 g/mol. The molecule has 3 heterocycles. The van der Waals surface area contributed by atoms with Gasteiger partial charge in [0.05, 0.1) is 12.1 Å². The van der Waals surface area contributed by atoms with E-state index in [-0.39, 0.29) is 23.9 Å². The highest BCUT2D eigenvalue weighted by molar-refractivity contribution is 5.82. The minimum absolute atomic E-state index is 0.0400. The number of nitrogens with one attached hydrogen (secondary N) is 2. The maximum Gasteiger partial charge on any atom is 0.237 e. The van der Waals surface area contributed by atoms with E-state index in [0.717, 1.165) is 64.7 Å². The van der Waals surface area contributed by atoms with Crippen molar-refractivity contribution < 1.29 is 9.59 Å². The Labute approximate surface area is 132 Å². The molecule has 2 atom stereocenters. The molecule has 6 heteroatoms. The SMILES string of the molecule is O=C1NCCCN2CCC[C@H]2C(=O)NCCCN2CCC[C@@H]12. The van der Waals surface area contributed by atoms with Crippen LogP contribution in [0.2, 0.25) is 0 Å². The average molecular weight is 308 g/mol. The monoisotopic (exact) mass is 308 g/mol. The Bertz CT molecular complexity index is 377. The van der Waals surface area contributed by atoms with Crippen LogP contribution in [0.3, 0.4) is 0 Å². The van der Waals surface area contributed by atoms with Gasteiger partial charge in [-0.3, -0.25) is 19.4 Å². The van der Waals surface area contributed by atoms with Gasteiger partial charge >= 0.3 is 0 Å². The zero-order valence-electron chi connectivity index (χ0n) is 13.4. The van der Waals surface area contributed by atoms with Gasteiger partial charge in [-0.15, -0.1) is 0 Å². The molecule has 0 saturated carbocycles. The zero-order chi connectivity index (χ0) is 15.4. The third kappa shape index (κ3) is 3.60. The van der Waals surface area contributed by atoms with Gasteiger partial charge in [0.1, 0.15) is 0 Å². The molecule has 3 aliphatic heterocycles. The first-order valence-corrected chi connectivity index (χ1v) is 8.79. The molecule has 124 valence electrons. The third-order valence-corrected chi connectivity index (χ3v) is 5.18. The Kier molecular flexibility index (Phi) is 5.31. The van der Waals surface area contributed by atoms with Gasteiger partial charge in [-0.2, -0.15) is 0 Å². The number of hydrogen-bond acceptors (Lipinski definition) is 4. The van der Waals surface area contributed by atoms with E-state index >= 15 is 0 Å². The summed E-state index contributed by atoms with van der Waals surface area (Å²) in [7, 11) is 0. The van der Waals surface area contributed by atoms with Crippen molar-refractivity contribution in [2.45, 2.75) is 50.6 Å². The summed E-state index contributed by atoms with van der Waals surface area (Å²) in [5.74, 6) is 0.383. The van der Waals surface area contributed by atoms with Gasteiger partial charge in [0, 0.05) is 26.2 Å². The quantitative estimate of drug-likeness (QED) is 0.658. The average Bonchev–Trinajstić information content (AvgIpc) is 3.15. The molecule has 22 heavy (non-hydrogen) atoms. The summed E-state index contributed by atoms with van der Waals surface area (Å²) in [4.78, 5) is 29.2. The topological polar surface area (TPSA) is 64.7 Å². The summed E-state index contributed by atoms with van der Waals surface area (Å²) < 4.78 is 0. The molecule has 6 nitrogen and oxygen atoms in total. The molecule has 0 bridgehead atoms. The molecule has 0 unspecified atom stereocenters. The molecule has 3 rings (SSSR count). The summed E-state index contributed by atoms with van der Waals surface area (Å²) in [6, 6.07) is 0.0800. The summed E-state index contributed by atoms with van der Waals surface area (Å²) in [5.41, 5.74) is 0. The lowest BCUT2D eigenvalue weighted by Crippen LogP contribution is -2.47. The van der Waals surface area contributed by atoms with E-state index in [4.69, 9.17) is 0 Å². The Hall–Kier alpha value is -1.14. The summed E-state index contributed by atoms with van der Waals surface area (Å²) in [6.07, 6.45) is 5.96. The van der Waals surface area contributed by atoms with E-state index in [2.05, 4.69) is 20.4 Å². The van der Waals surface area contributed by atoms with Crippen molar-refractivity contribution in [3.63, 3.8) is 0 Å². The van der Waals surface area contributed by atoms with E-state index in [0.29, 0.717) is 13.1 Å². The van der Waals surface area contributed by atoms with Crippen LogP contribution in [-0.4, -0.2) is 73.0 Å². The van der Waals surface area contributed by atoms with Gasteiger partial charge in [-0.1, -0.05) is 0 Å². The lowest BCUT2D eigenvalue weighted by molar-refractivity contribution is -0.127. The number of nitrogens with zero attached hydrogens (tertiary/aromatic N) is 2. The number of carbonyl (C=O) groups excluding carboxylic acids is 2. The Morgan fingerprint density at radius 3 is 1.55 bits per heavy atom. The molecule has 0 aromatic carbocycles. The van der Waals surface area contributed by atoms with E-state index in [9.17, 15) is 9.59 Å². The Morgan fingerprint density at radius 2 is 1.09 bits per heavy atom. The van der Waals surface area contributed by atoms with Crippen LogP contribution in [0.4, 0.5) is 0 Å². The fourth-order valence-electron chi connectivity index (χ4n) is 4.00. The molecule has 2 amide bonds. The normalized spacial score (nSPS) is 32.7. The lowest BCUT2D eigenvalue weighted by Gasteiger charge is -2.26. The largest absolute Gasteiger partial charge is 0.355 e. The van der Waals surface area contributed by atoms with Crippen molar-refractivity contribution in [1.82, 2.24) is 20.4 Å². The van der Waals surface area contributed by atoms with E-state index in [1.807, 2.05) is 0 Å². The molecule has 2 N–H and O–H groups in total. The second-order valence-corrected chi connectivity index (χ2v) is 6.68. The summed E-state index contributed by atoms with van der Waals surface area (Å²) in [5, 5.41) is 6.18. The van der Waals surface area contributed by atoms with Gasteiger partial charge in [0.25, 0.3) is 0 Å². The van der Waals surface area contributed by atoms with Crippen LogP contribution in [0.25, 0.3) is 0 Å². The molecule has 0 spiro atoms. The second-order valence-electron chi connectivity index (χ2n) is 6.68. The smallest absolute Gasteiger partial charge is 0.237 e. The molecule has 0 aromatic heterocycles. The van der Waals surface area contributed by atoms with E-state index in [1.54, 1.807) is 0 Å². The van der Waals surface area contributed by atoms with Crippen molar-refractivity contribution >= 4 is 11.8 Å². The lowest BCUT2D eigenvalue weighted by atomic mass is 10.2. The van der Waals surface area contributed by atoms with Crippen LogP contribution in [0, 0.1) is 0 Å². The molecule has 3 fully saturated rings. The molecule has 0 radical (unpaired) electrons. The number of fused-ring (bicyclic) bond motifs is 2. The molecule has 0 aromatic rings. The van der Waals surface area contributed by atoms with Crippen LogP contribution in [0.5, 0.6) is 0 Å². The summed E-state index contributed by atoms with van der Waals surface area (Å²) in [6.45, 7) is 5.23. The molecule has 3 saturated heterocycles. The van der Waals surface area contributed by atoms with Crippen molar-refractivity contribution in [2.24, 2.45) is 0 Å². The first-order valence-electron chi connectivity index (χ1n) is 8.79. The molecular formula is C16H28N4O2. The highest BCUT2D eigenvalue weighted by Crippen LogP contribution is 2.19. The second kappa shape index (κ2) is 7.42. The van der Waals surface area contributed by atoms with Gasteiger partial charge < -0.3 is 10.6 Å². The van der Waals surface area contributed by atoms with Crippen LogP contribution in [0.1, 0.15) is 38.5 Å². The Morgan fingerprint density at radius 1 is 0.682 bits per heavy atom. The minimum atomic E-state index is 0.0400. The van der Waals surface area contributed by atoms with Crippen LogP contribution >= 0.6 is 0 Å². The molecule has 0 aliphatic carbocycles. The van der Waals surface area contributed by atoms with Crippen molar-refractivity contribution in [1.29, 1.82) is 0 Å². The fourth-order valence-corrected chi connectivity index (χ4v) is 4.00. The maximum absolute atomic E-state index is 12.3. The minimum Gasteiger partial charge on any atom is -0.355 e. The first-order chi connectivity index (χ1) is 10.8. The third-order valence-electron chi connectivity index (χ3n) is 5.18. The standard InChI is InChI=1S/C16H28N4O2/c21-15-13-5-1-9-19(13)11-3-7-18-16(22)14-6-2-10-20(14)12-4-8-17-15/h13-14H,1-12H2,(H,17,21)(H,18,22)/t13-,14-/m0/s1. The summed E-state index contributed by atoms with van der Waals surface area (Å²) >= 11 is 0. The highest BCUT2D eigenvalue weighted by atomic mass is 16.2. The zero-order valence-corrected chi connectivity index (χ0v) is 13.4. The maximum atomic E-state index is 12.3. The van der Waals surface area contributed by atoms with Crippen molar-refractivity contribution in [2.75, 3.05) is 39.3 Å². The van der Waals surface area contributed by atoms with Crippen molar-refractivity contribution in [3.8, 4) is 0 Å². The van der Waals surface area contributed by atoms with Crippen LogP contribution < -0.4 is 10.6 Å². The van der Waals surface area contributed by atoms with E-state index < -0.39 is 0 Å². The fraction of sp³-hybridized carbons (Fsp3) is 0.875. The number of amides is 2. The van der Waals surface area contributed by atoms with Gasteiger partial charge in [-0.25, -0.2) is 0 Å². The number of carbonyl (C=O) groups is 2. The number of hydrogen-bond donors (Lipinski definition) is 2. The van der Waals surface area contributed by atoms with E-state index in [1.165, 1.54) is 0 Å².